The van der Waals surface area contributed by atoms with Crippen LogP contribution in [0.1, 0.15) is 41.5 Å². The van der Waals surface area contributed by atoms with Gasteiger partial charge < -0.3 is 14.5 Å². The molecule has 1 saturated carbocycles. The van der Waals surface area contributed by atoms with Gasteiger partial charge in [-0.3, -0.25) is 9.59 Å². The molecule has 5 nitrogen and oxygen atoms in total. The monoisotopic (exact) mass is 428 g/mol. The molecule has 0 unspecified atom stereocenters. The molecule has 0 N–H and O–H groups in total. The zero-order valence-electron chi connectivity index (χ0n) is 18.0. The number of benzene rings is 1. The van der Waals surface area contributed by atoms with Crippen molar-refractivity contribution in [3.8, 4) is 0 Å². The molecule has 1 heterocycles. The molecular weight excluding hydrogens is 396 g/mol. The lowest BCUT2D eigenvalue weighted by atomic mass is 10.2. The minimum atomic E-state index is -0.00434. The number of ether oxygens (including phenoxy) is 1. The van der Waals surface area contributed by atoms with E-state index in [0.29, 0.717) is 32.8 Å². The highest BCUT2D eigenvalue weighted by molar-refractivity contribution is 7.11. The van der Waals surface area contributed by atoms with E-state index >= 15 is 0 Å². The van der Waals surface area contributed by atoms with E-state index in [4.69, 9.17) is 4.74 Å². The van der Waals surface area contributed by atoms with Gasteiger partial charge in [-0.2, -0.15) is 0 Å². The van der Waals surface area contributed by atoms with Gasteiger partial charge in [-0.25, -0.2) is 0 Å². The van der Waals surface area contributed by atoms with Crippen LogP contribution in [-0.2, 0) is 27.4 Å². The number of aryl methyl sites for hydroxylation is 1. The smallest absolute Gasteiger partial charge is 0.242 e. The fourth-order valence-corrected chi connectivity index (χ4v) is 4.32. The van der Waals surface area contributed by atoms with Crippen molar-refractivity contribution >= 4 is 23.2 Å². The van der Waals surface area contributed by atoms with Crippen molar-refractivity contribution in [2.24, 2.45) is 5.92 Å². The summed E-state index contributed by atoms with van der Waals surface area (Å²) in [7, 11) is 0. The Morgan fingerprint density at radius 3 is 2.47 bits per heavy atom. The molecular formula is C24H32N2O3S. The fourth-order valence-electron chi connectivity index (χ4n) is 3.42. The molecule has 6 heteroatoms. The maximum atomic E-state index is 13.3. The number of carbonyl (C=O) groups is 2. The van der Waals surface area contributed by atoms with Crippen LogP contribution in [0.5, 0.6) is 0 Å². The highest BCUT2D eigenvalue weighted by Crippen LogP contribution is 2.31. The maximum absolute atomic E-state index is 13.3. The van der Waals surface area contributed by atoms with Crippen LogP contribution in [0.3, 0.4) is 0 Å². The lowest BCUT2D eigenvalue weighted by Gasteiger charge is -2.28. The number of rotatable bonds is 12. The second kappa shape index (κ2) is 11.3. The summed E-state index contributed by atoms with van der Waals surface area (Å²) < 4.78 is 5.42. The zero-order chi connectivity index (χ0) is 21.3. The van der Waals surface area contributed by atoms with Crippen molar-refractivity contribution in [2.45, 2.75) is 46.2 Å². The number of hydrogen-bond donors (Lipinski definition) is 0. The highest BCUT2D eigenvalue weighted by Gasteiger charge is 2.34. The summed E-state index contributed by atoms with van der Waals surface area (Å²) in [5, 5.41) is 0. The van der Waals surface area contributed by atoms with Gasteiger partial charge in [0.2, 0.25) is 11.8 Å². The van der Waals surface area contributed by atoms with E-state index in [2.05, 4.69) is 19.1 Å². The topological polar surface area (TPSA) is 49.9 Å². The van der Waals surface area contributed by atoms with Crippen molar-refractivity contribution in [2.75, 3.05) is 26.3 Å². The average molecular weight is 429 g/mol. The normalized spacial score (nSPS) is 13.3. The van der Waals surface area contributed by atoms with E-state index in [9.17, 15) is 9.59 Å². The van der Waals surface area contributed by atoms with E-state index in [1.54, 1.807) is 16.2 Å². The highest BCUT2D eigenvalue weighted by atomic mass is 32.1. The van der Waals surface area contributed by atoms with Gasteiger partial charge in [-0.15, -0.1) is 11.3 Å². The lowest BCUT2D eigenvalue weighted by Crippen LogP contribution is -2.43. The molecule has 1 aromatic heterocycles. The number of thiophene rings is 1. The Labute approximate surface area is 183 Å². The van der Waals surface area contributed by atoms with Gasteiger partial charge >= 0.3 is 0 Å². The zero-order valence-corrected chi connectivity index (χ0v) is 18.8. The Morgan fingerprint density at radius 1 is 1.07 bits per heavy atom. The largest absolute Gasteiger partial charge is 0.382 e. The molecule has 3 rings (SSSR count). The van der Waals surface area contributed by atoms with Crippen LogP contribution in [0, 0.1) is 12.8 Å². The number of carbonyl (C=O) groups excluding carboxylic acids is 2. The third kappa shape index (κ3) is 6.96. The molecule has 1 aliphatic rings. The average Bonchev–Trinajstić information content (AvgIpc) is 3.52. The summed E-state index contributed by atoms with van der Waals surface area (Å²) >= 11 is 1.71. The fraction of sp³-hybridized carbons (Fsp3) is 0.500. The molecule has 0 saturated heterocycles. The molecule has 1 fully saturated rings. The predicted octanol–water partition coefficient (Wildman–Crippen LogP) is 4.25. The van der Waals surface area contributed by atoms with Crippen molar-refractivity contribution < 1.29 is 14.3 Å². The third-order valence-corrected chi connectivity index (χ3v) is 6.18. The van der Waals surface area contributed by atoms with E-state index in [0.717, 1.165) is 29.7 Å². The minimum Gasteiger partial charge on any atom is -0.382 e. The standard InChI is InChI=1S/C24H32N2O3S/c1-3-29-15-7-14-25(24(28)21-11-12-21)18-23(27)26(16-20-8-5-4-6-9-20)17-22-13-10-19(2)30-22/h4-6,8-10,13,21H,3,7,11-12,14-18H2,1-2H3. The number of nitrogens with zero attached hydrogens (tertiary/aromatic N) is 2. The van der Waals surface area contributed by atoms with Gasteiger partial charge in [-0.05, 0) is 50.8 Å². The molecule has 2 aromatic rings. The Kier molecular flexibility index (Phi) is 8.46. The molecule has 1 aliphatic carbocycles. The van der Waals surface area contributed by atoms with Crippen LogP contribution in [0.25, 0.3) is 0 Å². The van der Waals surface area contributed by atoms with Crippen molar-refractivity contribution in [3.05, 3.63) is 57.8 Å². The van der Waals surface area contributed by atoms with Crippen molar-refractivity contribution in [1.29, 1.82) is 0 Å². The summed E-state index contributed by atoms with van der Waals surface area (Å²) in [6.45, 7) is 7.13. The molecule has 0 atom stereocenters. The summed E-state index contributed by atoms with van der Waals surface area (Å²) in [5.74, 6) is 0.217. The molecule has 1 aromatic carbocycles. The second-order valence-electron chi connectivity index (χ2n) is 7.83. The number of hydrogen-bond acceptors (Lipinski definition) is 4. The second-order valence-corrected chi connectivity index (χ2v) is 9.20. The van der Waals surface area contributed by atoms with Crippen LogP contribution in [0.15, 0.2) is 42.5 Å². The molecule has 0 radical (unpaired) electrons. The van der Waals surface area contributed by atoms with E-state index < -0.39 is 0 Å². The van der Waals surface area contributed by atoms with Crippen LogP contribution in [0.2, 0.25) is 0 Å². The predicted molar refractivity (Wildman–Crippen MR) is 120 cm³/mol. The lowest BCUT2D eigenvalue weighted by molar-refractivity contribution is -0.142. The molecule has 0 spiro atoms. The van der Waals surface area contributed by atoms with Crippen molar-refractivity contribution in [3.63, 3.8) is 0 Å². The summed E-state index contributed by atoms with van der Waals surface area (Å²) in [4.78, 5) is 32.1. The van der Waals surface area contributed by atoms with Gasteiger partial charge in [0, 0.05) is 42.0 Å². The summed E-state index contributed by atoms with van der Waals surface area (Å²) in [6, 6.07) is 14.2. The SMILES string of the molecule is CCOCCCN(CC(=O)N(Cc1ccccc1)Cc1ccc(C)s1)C(=O)C1CC1. The maximum Gasteiger partial charge on any atom is 0.242 e. The van der Waals surface area contributed by atoms with Gasteiger partial charge in [0.25, 0.3) is 0 Å². The van der Waals surface area contributed by atoms with Gasteiger partial charge in [0.1, 0.15) is 0 Å². The third-order valence-electron chi connectivity index (χ3n) is 5.20. The molecule has 30 heavy (non-hydrogen) atoms. The Bertz CT molecular complexity index is 817. The number of amides is 2. The van der Waals surface area contributed by atoms with Crippen LogP contribution in [0.4, 0.5) is 0 Å². The van der Waals surface area contributed by atoms with Gasteiger partial charge in [0.05, 0.1) is 13.1 Å². The van der Waals surface area contributed by atoms with E-state index in [-0.39, 0.29) is 24.3 Å². The van der Waals surface area contributed by atoms with E-state index in [1.807, 2.05) is 42.2 Å². The minimum absolute atomic E-state index is 0.00434. The first-order valence-corrected chi connectivity index (χ1v) is 11.6. The first-order valence-electron chi connectivity index (χ1n) is 10.8. The Hall–Kier alpha value is -2.18. The van der Waals surface area contributed by atoms with Crippen LogP contribution >= 0.6 is 11.3 Å². The van der Waals surface area contributed by atoms with Crippen molar-refractivity contribution in [1.82, 2.24) is 9.80 Å². The molecule has 0 aliphatic heterocycles. The summed E-state index contributed by atoms with van der Waals surface area (Å²) in [5.41, 5.74) is 1.09. The van der Waals surface area contributed by atoms with E-state index in [1.165, 1.54) is 4.88 Å². The first kappa shape index (κ1) is 22.5. The molecule has 0 bridgehead atoms. The van der Waals surface area contributed by atoms with Gasteiger partial charge in [-0.1, -0.05) is 30.3 Å². The Morgan fingerprint density at radius 2 is 1.83 bits per heavy atom. The molecule has 2 amide bonds. The molecule has 162 valence electrons. The first-order chi connectivity index (χ1) is 14.6. The van der Waals surface area contributed by atoms with Crippen LogP contribution < -0.4 is 0 Å². The quantitative estimate of drug-likeness (QED) is 0.475. The Balaban J connectivity index is 1.69. The van der Waals surface area contributed by atoms with Crippen LogP contribution in [-0.4, -0.2) is 47.9 Å². The van der Waals surface area contributed by atoms with Gasteiger partial charge in [0.15, 0.2) is 0 Å². The summed E-state index contributed by atoms with van der Waals surface area (Å²) in [6.07, 6.45) is 2.64.